The van der Waals surface area contributed by atoms with Crippen molar-refractivity contribution in [1.29, 1.82) is 0 Å². The SMILES string of the molecule is CC(C)C1CCC(C)(O)CC1.CC(C)C1CCOCC1. The molecule has 2 aliphatic rings. The van der Waals surface area contributed by atoms with Crippen LogP contribution in [-0.2, 0) is 4.74 Å². The summed E-state index contributed by atoms with van der Waals surface area (Å²) in [6.45, 7) is 13.1. The zero-order valence-electron chi connectivity index (χ0n) is 14.3. The second-order valence-corrected chi connectivity index (χ2v) is 7.77. The normalized spacial score (nSPS) is 32.1. The summed E-state index contributed by atoms with van der Waals surface area (Å²) in [5, 5.41) is 9.67. The number of ether oxygens (including phenoxy) is 1. The average Bonchev–Trinajstić information content (AvgIpc) is 2.40. The van der Waals surface area contributed by atoms with E-state index in [-0.39, 0.29) is 5.60 Å². The maximum atomic E-state index is 9.67. The molecule has 0 aromatic rings. The van der Waals surface area contributed by atoms with Crippen LogP contribution < -0.4 is 0 Å². The van der Waals surface area contributed by atoms with Gasteiger partial charge in [0.1, 0.15) is 0 Å². The topological polar surface area (TPSA) is 29.5 Å². The zero-order valence-corrected chi connectivity index (χ0v) is 14.3. The molecule has 1 saturated heterocycles. The van der Waals surface area contributed by atoms with Crippen LogP contribution in [0.1, 0.15) is 73.1 Å². The lowest BCUT2D eigenvalue weighted by Gasteiger charge is -2.34. The second kappa shape index (κ2) is 8.38. The van der Waals surface area contributed by atoms with Crippen molar-refractivity contribution in [3.8, 4) is 0 Å². The van der Waals surface area contributed by atoms with Gasteiger partial charge in [-0.1, -0.05) is 27.7 Å². The average molecular weight is 284 g/mol. The summed E-state index contributed by atoms with van der Waals surface area (Å²) < 4.78 is 5.25. The third-order valence-corrected chi connectivity index (χ3v) is 5.26. The molecule has 120 valence electrons. The molecule has 1 aliphatic heterocycles. The summed E-state index contributed by atoms with van der Waals surface area (Å²) in [5.74, 6) is 3.44. The van der Waals surface area contributed by atoms with Crippen molar-refractivity contribution in [3.05, 3.63) is 0 Å². The molecule has 1 saturated carbocycles. The highest BCUT2D eigenvalue weighted by Crippen LogP contribution is 2.35. The fourth-order valence-electron chi connectivity index (χ4n) is 3.31. The van der Waals surface area contributed by atoms with Crippen molar-refractivity contribution in [2.24, 2.45) is 23.7 Å². The smallest absolute Gasteiger partial charge is 0.0620 e. The van der Waals surface area contributed by atoms with Gasteiger partial charge in [0.15, 0.2) is 0 Å². The molecule has 2 heteroatoms. The van der Waals surface area contributed by atoms with Gasteiger partial charge in [-0.15, -0.1) is 0 Å². The van der Waals surface area contributed by atoms with E-state index in [0.29, 0.717) is 0 Å². The first-order chi connectivity index (χ1) is 9.32. The van der Waals surface area contributed by atoms with Gasteiger partial charge >= 0.3 is 0 Å². The first-order valence-electron chi connectivity index (χ1n) is 8.62. The van der Waals surface area contributed by atoms with Crippen molar-refractivity contribution in [1.82, 2.24) is 0 Å². The lowest BCUT2D eigenvalue weighted by atomic mass is 9.75. The van der Waals surface area contributed by atoms with Crippen LogP contribution in [0.25, 0.3) is 0 Å². The Balaban J connectivity index is 0.000000204. The van der Waals surface area contributed by atoms with Gasteiger partial charge in [-0.2, -0.15) is 0 Å². The number of rotatable bonds is 2. The number of hydrogen-bond acceptors (Lipinski definition) is 2. The van der Waals surface area contributed by atoms with Crippen molar-refractivity contribution in [3.63, 3.8) is 0 Å². The van der Waals surface area contributed by atoms with Crippen molar-refractivity contribution in [2.45, 2.75) is 78.7 Å². The van der Waals surface area contributed by atoms with Crippen molar-refractivity contribution < 1.29 is 9.84 Å². The molecule has 1 N–H and O–H groups in total. The fourth-order valence-corrected chi connectivity index (χ4v) is 3.31. The van der Waals surface area contributed by atoms with Gasteiger partial charge in [-0.05, 0) is 69.1 Å². The molecule has 0 unspecified atom stereocenters. The molecule has 0 radical (unpaired) electrons. The highest BCUT2D eigenvalue weighted by atomic mass is 16.5. The van der Waals surface area contributed by atoms with Crippen LogP contribution in [0.4, 0.5) is 0 Å². The predicted molar refractivity (Wildman–Crippen MR) is 85.8 cm³/mol. The minimum Gasteiger partial charge on any atom is -0.390 e. The van der Waals surface area contributed by atoms with E-state index in [1.54, 1.807) is 0 Å². The minimum absolute atomic E-state index is 0.356. The van der Waals surface area contributed by atoms with Crippen LogP contribution in [0, 0.1) is 23.7 Å². The van der Waals surface area contributed by atoms with Gasteiger partial charge in [0.25, 0.3) is 0 Å². The molecule has 0 bridgehead atoms. The van der Waals surface area contributed by atoms with Crippen LogP contribution in [-0.4, -0.2) is 23.9 Å². The van der Waals surface area contributed by atoms with Crippen molar-refractivity contribution in [2.75, 3.05) is 13.2 Å². The molecule has 0 spiro atoms. The lowest BCUT2D eigenvalue weighted by molar-refractivity contribution is 0.00161. The highest BCUT2D eigenvalue weighted by Gasteiger charge is 2.29. The molecule has 2 fully saturated rings. The van der Waals surface area contributed by atoms with E-state index in [0.717, 1.165) is 49.7 Å². The molecule has 0 atom stereocenters. The fraction of sp³-hybridized carbons (Fsp3) is 1.00. The van der Waals surface area contributed by atoms with E-state index in [1.807, 2.05) is 6.92 Å². The Bertz CT molecular complexity index is 242. The summed E-state index contributed by atoms with van der Waals surface area (Å²) >= 11 is 0. The third-order valence-electron chi connectivity index (χ3n) is 5.26. The van der Waals surface area contributed by atoms with Gasteiger partial charge in [0.05, 0.1) is 5.60 Å². The Morgan fingerprint density at radius 1 is 0.850 bits per heavy atom. The van der Waals surface area contributed by atoms with Crippen molar-refractivity contribution >= 4 is 0 Å². The quantitative estimate of drug-likeness (QED) is 0.799. The molecular formula is C18H36O2. The molecule has 20 heavy (non-hydrogen) atoms. The van der Waals surface area contributed by atoms with E-state index < -0.39 is 0 Å². The van der Waals surface area contributed by atoms with Gasteiger partial charge in [0.2, 0.25) is 0 Å². The Labute approximate surface area is 126 Å². The van der Waals surface area contributed by atoms with Gasteiger partial charge < -0.3 is 9.84 Å². The van der Waals surface area contributed by atoms with Crippen LogP contribution in [0.15, 0.2) is 0 Å². The monoisotopic (exact) mass is 284 g/mol. The maximum Gasteiger partial charge on any atom is 0.0620 e. The highest BCUT2D eigenvalue weighted by molar-refractivity contribution is 4.82. The third kappa shape index (κ3) is 6.58. The van der Waals surface area contributed by atoms with Crippen LogP contribution >= 0.6 is 0 Å². The molecule has 1 aliphatic carbocycles. The molecule has 2 rings (SSSR count). The number of hydrogen-bond donors (Lipinski definition) is 1. The molecule has 1 heterocycles. The summed E-state index contributed by atoms with van der Waals surface area (Å²) in [6, 6.07) is 0. The largest absolute Gasteiger partial charge is 0.390 e. The minimum atomic E-state index is -0.356. The lowest BCUT2D eigenvalue weighted by Crippen LogP contribution is -2.31. The summed E-state index contributed by atoms with van der Waals surface area (Å²) in [5.41, 5.74) is -0.356. The molecule has 0 aromatic heterocycles. The van der Waals surface area contributed by atoms with E-state index >= 15 is 0 Å². The number of aliphatic hydroxyl groups is 1. The maximum absolute atomic E-state index is 9.67. The Kier molecular flexibility index (Phi) is 7.53. The molecular weight excluding hydrogens is 248 g/mol. The summed E-state index contributed by atoms with van der Waals surface area (Å²) in [6.07, 6.45) is 6.97. The van der Waals surface area contributed by atoms with Gasteiger partial charge in [-0.3, -0.25) is 0 Å². The predicted octanol–water partition coefficient (Wildman–Crippen LogP) is 4.65. The summed E-state index contributed by atoms with van der Waals surface area (Å²) in [7, 11) is 0. The van der Waals surface area contributed by atoms with E-state index in [4.69, 9.17) is 4.74 Å². The standard InChI is InChI=1S/C10H20O.C8H16O/c1-8(2)9-4-6-10(3,11)7-5-9;1-7(2)8-3-5-9-6-4-8/h8-9,11H,4-7H2,1-3H3;7-8H,3-6H2,1-2H3. The van der Waals surface area contributed by atoms with E-state index in [9.17, 15) is 5.11 Å². The van der Waals surface area contributed by atoms with Crippen LogP contribution in [0.3, 0.4) is 0 Å². The Hall–Kier alpha value is -0.0800. The van der Waals surface area contributed by atoms with Crippen LogP contribution in [0.5, 0.6) is 0 Å². The molecule has 0 aromatic carbocycles. The second-order valence-electron chi connectivity index (χ2n) is 7.77. The zero-order chi connectivity index (χ0) is 15.2. The molecule has 0 amide bonds. The summed E-state index contributed by atoms with van der Waals surface area (Å²) in [4.78, 5) is 0. The first kappa shape index (κ1) is 18.0. The van der Waals surface area contributed by atoms with Gasteiger partial charge in [-0.25, -0.2) is 0 Å². The Morgan fingerprint density at radius 3 is 1.60 bits per heavy atom. The van der Waals surface area contributed by atoms with E-state index in [2.05, 4.69) is 27.7 Å². The first-order valence-corrected chi connectivity index (χ1v) is 8.62. The van der Waals surface area contributed by atoms with Crippen LogP contribution in [0.2, 0.25) is 0 Å². The van der Waals surface area contributed by atoms with Gasteiger partial charge in [0, 0.05) is 13.2 Å². The van der Waals surface area contributed by atoms with E-state index in [1.165, 1.54) is 25.7 Å². The Morgan fingerprint density at radius 2 is 1.25 bits per heavy atom. The molecule has 2 nitrogen and oxygen atoms in total.